The van der Waals surface area contributed by atoms with Crippen molar-refractivity contribution in [3.8, 4) is 5.75 Å². The monoisotopic (exact) mass is 424 g/mol. The lowest BCUT2D eigenvalue weighted by atomic mass is 9.97. The summed E-state index contributed by atoms with van der Waals surface area (Å²) in [5.74, 6) is 2.54. The second-order valence-corrected chi connectivity index (χ2v) is 8.12. The minimum absolute atomic E-state index is 0.124. The Labute approximate surface area is 181 Å². The number of rotatable bonds is 6. The highest BCUT2D eigenvalue weighted by Crippen LogP contribution is 2.28. The molecule has 2 aromatic carbocycles. The SMILES string of the molecule is COc1cccc(CC(=O)N2CCCC(c3ncc(Cc4cccc(Cl)c4)o3)C2)c1. The molecule has 0 radical (unpaired) electrons. The van der Waals surface area contributed by atoms with Crippen molar-refractivity contribution in [2.45, 2.75) is 31.6 Å². The molecule has 1 atom stereocenters. The molecule has 0 saturated carbocycles. The van der Waals surface area contributed by atoms with Crippen molar-refractivity contribution >= 4 is 17.5 Å². The molecule has 1 unspecified atom stereocenters. The van der Waals surface area contributed by atoms with Gasteiger partial charge >= 0.3 is 0 Å². The Morgan fingerprint density at radius 1 is 1.23 bits per heavy atom. The number of carbonyl (C=O) groups excluding carboxylic acids is 1. The van der Waals surface area contributed by atoms with Crippen LogP contribution in [0.1, 0.15) is 41.5 Å². The fraction of sp³-hybridized carbons (Fsp3) is 0.333. The van der Waals surface area contributed by atoms with Gasteiger partial charge in [-0.3, -0.25) is 4.79 Å². The molecule has 5 nitrogen and oxygen atoms in total. The summed E-state index contributed by atoms with van der Waals surface area (Å²) in [6.07, 6.45) is 4.72. The highest BCUT2D eigenvalue weighted by atomic mass is 35.5. The number of piperidine rings is 1. The molecular weight excluding hydrogens is 400 g/mol. The predicted molar refractivity (Wildman–Crippen MR) is 116 cm³/mol. The van der Waals surface area contributed by atoms with Gasteiger partial charge in [0.1, 0.15) is 11.5 Å². The first-order valence-electron chi connectivity index (χ1n) is 10.2. The highest BCUT2D eigenvalue weighted by Gasteiger charge is 2.28. The van der Waals surface area contributed by atoms with Crippen molar-refractivity contribution in [2.75, 3.05) is 20.2 Å². The maximum atomic E-state index is 12.8. The van der Waals surface area contributed by atoms with Crippen LogP contribution in [0.25, 0.3) is 0 Å². The second-order valence-electron chi connectivity index (χ2n) is 7.68. The van der Waals surface area contributed by atoms with E-state index in [1.807, 2.05) is 53.4 Å². The summed E-state index contributed by atoms with van der Waals surface area (Å²) in [5, 5.41) is 0.713. The summed E-state index contributed by atoms with van der Waals surface area (Å²) < 4.78 is 11.3. The van der Waals surface area contributed by atoms with Crippen LogP contribution in [-0.2, 0) is 17.6 Å². The summed E-state index contributed by atoms with van der Waals surface area (Å²) in [6.45, 7) is 1.41. The van der Waals surface area contributed by atoms with Gasteiger partial charge in [-0.15, -0.1) is 0 Å². The first-order valence-corrected chi connectivity index (χ1v) is 10.6. The number of ether oxygens (including phenoxy) is 1. The predicted octanol–water partition coefficient (Wildman–Crippen LogP) is 4.88. The minimum Gasteiger partial charge on any atom is -0.497 e. The van der Waals surface area contributed by atoms with Crippen LogP contribution in [-0.4, -0.2) is 36.0 Å². The van der Waals surface area contributed by atoms with Crippen LogP contribution in [0.15, 0.2) is 59.1 Å². The van der Waals surface area contributed by atoms with E-state index in [9.17, 15) is 4.79 Å². The van der Waals surface area contributed by atoms with Crippen LogP contribution in [0.4, 0.5) is 0 Å². The van der Waals surface area contributed by atoms with E-state index in [4.69, 9.17) is 20.8 Å². The third-order valence-corrected chi connectivity index (χ3v) is 5.69. The molecule has 2 heterocycles. The first-order chi connectivity index (χ1) is 14.6. The Kier molecular flexibility index (Phi) is 6.38. The Bertz CT molecular complexity index is 1020. The van der Waals surface area contributed by atoms with Gasteiger partial charge < -0.3 is 14.1 Å². The minimum atomic E-state index is 0.124. The molecule has 0 bridgehead atoms. The van der Waals surface area contributed by atoms with Crippen molar-refractivity contribution < 1.29 is 13.9 Å². The van der Waals surface area contributed by atoms with Gasteiger partial charge in [0.25, 0.3) is 0 Å². The standard InChI is InChI=1S/C24H25ClN2O3/c1-29-21-9-3-6-18(12-21)14-23(28)27-10-4-7-19(16-27)24-26-15-22(30-24)13-17-5-2-8-20(25)11-17/h2-3,5-6,8-9,11-12,15,19H,4,7,10,13-14,16H2,1H3. The number of amides is 1. The molecule has 156 valence electrons. The number of methoxy groups -OCH3 is 1. The molecule has 6 heteroatoms. The zero-order chi connectivity index (χ0) is 20.9. The zero-order valence-electron chi connectivity index (χ0n) is 17.0. The number of carbonyl (C=O) groups is 1. The molecule has 4 rings (SSSR count). The number of hydrogen-bond acceptors (Lipinski definition) is 4. The van der Waals surface area contributed by atoms with E-state index in [0.717, 1.165) is 42.0 Å². The van der Waals surface area contributed by atoms with Crippen LogP contribution in [0.3, 0.4) is 0 Å². The molecule has 0 N–H and O–H groups in total. The maximum absolute atomic E-state index is 12.8. The number of hydrogen-bond donors (Lipinski definition) is 0. The molecule has 1 aliphatic heterocycles. The van der Waals surface area contributed by atoms with Crippen molar-refractivity contribution in [3.05, 3.63) is 82.5 Å². The fourth-order valence-electron chi connectivity index (χ4n) is 3.92. The summed E-state index contributed by atoms with van der Waals surface area (Å²) in [4.78, 5) is 19.3. The largest absolute Gasteiger partial charge is 0.497 e. The number of nitrogens with zero attached hydrogens (tertiary/aromatic N) is 2. The third kappa shape index (κ3) is 5.03. The summed E-state index contributed by atoms with van der Waals surface area (Å²) >= 11 is 6.07. The Balaban J connectivity index is 1.39. The van der Waals surface area contributed by atoms with E-state index in [1.54, 1.807) is 13.3 Å². The van der Waals surface area contributed by atoms with Gasteiger partial charge in [-0.2, -0.15) is 0 Å². The fourth-order valence-corrected chi connectivity index (χ4v) is 4.13. The van der Waals surface area contributed by atoms with Crippen LogP contribution in [0.2, 0.25) is 5.02 Å². The van der Waals surface area contributed by atoms with Gasteiger partial charge in [0.2, 0.25) is 5.91 Å². The summed E-state index contributed by atoms with van der Waals surface area (Å²) in [6, 6.07) is 15.4. The quantitative estimate of drug-likeness (QED) is 0.566. The molecule has 3 aromatic rings. The summed E-state index contributed by atoms with van der Waals surface area (Å²) in [5.41, 5.74) is 2.05. The average Bonchev–Trinajstić information content (AvgIpc) is 3.22. The zero-order valence-corrected chi connectivity index (χ0v) is 17.8. The van der Waals surface area contributed by atoms with Crippen molar-refractivity contribution in [1.29, 1.82) is 0 Å². The number of halogens is 1. The highest BCUT2D eigenvalue weighted by molar-refractivity contribution is 6.30. The lowest BCUT2D eigenvalue weighted by Crippen LogP contribution is -2.40. The number of likely N-dealkylation sites (tertiary alicyclic amines) is 1. The van der Waals surface area contributed by atoms with E-state index in [0.29, 0.717) is 30.3 Å². The molecule has 1 fully saturated rings. The average molecular weight is 425 g/mol. The van der Waals surface area contributed by atoms with Crippen LogP contribution < -0.4 is 4.74 Å². The van der Waals surface area contributed by atoms with Crippen LogP contribution in [0, 0.1) is 0 Å². The molecule has 30 heavy (non-hydrogen) atoms. The van der Waals surface area contributed by atoms with Gasteiger partial charge in [-0.1, -0.05) is 35.9 Å². The van der Waals surface area contributed by atoms with E-state index in [2.05, 4.69) is 4.98 Å². The normalized spacial score (nSPS) is 16.5. The van der Waals surface area contributed by atoms with Gasteiger partial charge in [-0.25, -0.2) is 4.98 Å². The topological polar surface area (TPSA) is 55.6 Å². The molecule has 1 amide bonds. The van der Waals surface area contributed by atoms with Crippen molar-refractivity contribution in [1.82, 2.24) is 9.88 Å². The van der Waals surface area contributed by atoms with Gasteiger partial charge in [0.15, 0.2) is 5.89 Å². The number of aromatic nitrogens is 1. The van der Waals surface area contributed by atoms with Gasteiger partial charge in [0, 0.05) is 24.5 Å². The van der Waals surface area contributed by atoms with E-state index in [1.165, 1.54) is 0 Å². The second kappa shape index (κ2) is 9.35. The van der Waals surface area contributed by atoms with Crippen molar-refractivity contribution in [3.63, 3.8) is 0 Å². The van der Waals surface area contributed by atoms with Crippen LogP contribution in [0.5, 0.6) is 5.75 Å². The molecule has 1 aromatic heterocycles. The third-order valence-electron chi connectivity index (χ3n) is 5.45. The molecule has 0 spiro atoms. The van der Waals surface area contributed by atoms with Crippen LogP contribution >= 0.6 is 11.6 Å². The molecular formula is C24H25ClN2O3. The molecule has 1 saturated heterocycles. The summed E-state index contributed by atoms with van der Waals surface area (Å²) in [7, 11) is 1.63. The Morgan fingerprint density at radius 2 is 2.07 bits per heavy atom. The van der Waals surface area contributed by atoms with E-state index in [-0.39, 0.29) is 11.8 Å². The lowest BCUT2D eigenvalue weighted by Gasteiger charge is -2.31. The van der Waals surface area contributed by atoms with Gasteiger partial charge in [-0.05, 0) is 48.2 Å². The smallest absolute Gasteiger partial charge is 0.227 e. The van der Waals surface area contributed by atoms with E-state index < -0.39 is 0 Å². The van der Waals surface area contributed by atoms with Gasteiger partial charge in [0.05, 0.1) is 25.6 Å². The first kappa shape index (κ1) is 20.5. The maximum Gasteiger partial charge on any atom is 0.227 e. The Morgan fingerprint density at radius 3 is 2.90 bits per heavy atom. The van der Waals surface area contributed by atoms with E-state index >= 15 is 0 Å². The number of oxazole rings is 1. The molecule has 0 aliphatic carbocycles. The lowest BCUT2D eigenvalue weighted by molar-refractivity contribution is -0.131. The van der Waals surface area contributed by atoms with Crippen molar-refractivity contribution in [2.24, 2.45) is 0 Å². The number of benzene rings is 2. The Hall–Kier alpha value is -2.79. The molecule has 1 aliphatic rings.